The number of hydrogen-bond donors (Lipinski definition) is 1. The SMILES string of the molecule is CC(=O)c1c(C)oc2ccc(OCC[NH+]3CCCCC3)cc12. The number of hydrogen-bond acceptors (Lipinski definition) is 3. The summed E-state index contributed by atoms with van der Waals surface area (Å²) in [7, 11) is 0. The monoisotopic (exact) mass is 302 g/mol. The van der Waals surface area contributed by atoms with E-state index in [0.29, 0.717) is 17.9 Å². The summed E-state index contributed by atoms with van der Waals surface area (Å²) in [6, 6.07) is 5.73. The predicted molar refractivity (Wildman–Crippen MR) is 85.9 cm³/mol. The van der Waals surface area contributed by atoms with Crippen molar-refractivity contribution in [1.82, 2.24) is 0 Å². The maximum Gasteiger partial charge on any atom is 0.163 e. The standard InChI is InChI=1S/C18H23NO3/c1-13(20)18-14(2)22-17-7-6-15(12-16(17)18)21-11-10-19-8-4-3-5-9-19/h6-7,12H,3-5,8-11H2,1-2H3/p+1. The molecule has 1 aromatic heterocycles. The number of benzene rings is 1. The number of fused-ring (bicyclic) bond motifs is 1. The van der Waals surface area contributed by atoms with Crippen LogP contribution in [-0.4, -0.2) is 32.0 Å². The summed E-state index contributed by atoms with van der Waals surface area (Å²) in [4.78, 5) is 13.4. The first-order chi connectivity index (χ1) is 10.6. The molecule has 0 atom stereocenters. The van der Waals surface area contributed by atoms with Crippen molar-refractivity contribution in [3.8, 4) is 5.75 Å². The Kier molecular flexibility index (Phi) is 4.48. The number of ketones is 1. The van der Waals surface area contributed by atoms with Crippen molar-refractivity contribution in [3.05, 3.63) is 29.5 Å². The summed E-state index contributed by atoms with van der Waals surface area (Å²) in [5.74, 6) is 1.52. The molecular weight excluding hydrogens is 278 g/mol. The third kappa shape index (κ3) is 3.17. The molecule has 3 rings (SSSR count). The van der Waals surface area contributed by atoms with E-state index < -0.39 is 0 Å². The number of aryl methyl sites for hydroxylation is 1. The number of likely N-dealkylation sites (tertiary alicyclic amines) is 1. The Morgan fingerprint density at radius 1 is 1.27 bits per heavy atom. The molecule has 0 unspecified atom stereocenters. The van der Waals surface area contributed by atoms with Crippen LogP contribution in [-0.2, 0) is 0 Å². The van der Waals surface area contributed by atoms with Gasteiger partial charge in [-0.15, -0.1) is 0 Å². The Balaban J connectivity index is 1.68. The van der Waals surface area contributed by atoms with Crippen LogP contribution in [0.2, 0.25) is 0 Å². The maximum atomic E-state index is 11.8. The number of ether oxygens (including phenoxy) is 1. The van der Waals surface area contributed by atoms with Gasteiger partial charge >= 0.3 is 0 Å². The number of Topliss-reactive ketones (excluding diaryl/α,β-unsaturated/α-hetero) is 1. The zero-order valence-corrected chi connectivity index (χ0v) is 13.4. The number of quaternary nitrogens is 1. The van der Waals surface area contributed by atoms with E-state index in [4.69, 9.17) is 9.15 Å². The van der Waals surface area contributed by atoms with Gasteiger partial charge in [0, 0.05) is 5.39 Å². The third-order valence-corrected chi connectivity index (χ3v) is 4.47. The second-order valence-electron chi connectivity index (χ2n) is 6.16. The van der Waals surface area contributed by atoms with E-state index >= 15 is 0 Å². The molecule has 2 aromatic rings. The van der Waals surface area contributed by atoms with Crippen molar-refractivity contribution >= 4 is 16.8 Å². The summed E-state index contributed by atoms with van der Waals surface area (Å²) < 4.78 is 11.5. The molecule has 1 aromatic carbocycles. The minimum Gasteiger partial charge on any atom is -0.488 e. The summed E-state index contributed by atoms with van der Waals surface area (Å²) in [5, 5.41) is 0.854. The molecule has 0 saturated carbocycles. The molecule has 118 valence electrons. The van der Waals surface area contributed by atoms with Crippen molar-refractivity contribution in [2.45, 2.75) is 33.1 Å². The summed E-state index contributed by atoms with van der Waals surface area (Å²) in [6.45, 7) is 7.69. The zero-order valence-electron chi connectivity index (χ0n) is 13.4. The average molecular weight is 302 g/mol. The fourth-order valence-corrected chi connectivity index (χ4v) is 3.34. The maximum absolute atomic E-state index is 11.8. The van der Waals surface area contributed by atoms with Crippen LogP contribution in [0.1, 0.15) is 42.3 Å². The average Bonchev–Trinajstić information content (AvgIpc) is 2.83. The molecule has 0 radical (unpaired) electrons. The highest BCUT2D eigenvalue weighted by atomic mass is 16.5. The van der Waals surface area contributed by atoms with Gasteiger partial charge in [-0.25, -0.2) is 0 Å². The van der Waals surface area contributed by atoms with Gasteiger partial charge in [0.2, 0.25) is 0 Å². The first-order valence-corrected chi connectivity index (χ1v) is 8.15. The number of rotatable bonds is 5. The molecule has 2 heterocycles. The van der Waals surface area contributed by atoms with Gasteiger partial charge in [-0.05, 0) is 51.3 Å². The van der Waals surface area contributed by atoms with Crippen LogP contribution < -0.4 is 9.64 Å². The first-order valence-electron chi connectivity index (χ1n) is 8.15. The van der Waals surface area contributed by atoms with E-state index in [1.807, 2.05) is 25.1 Å². The Labute approximate surface area is 131 Å². The lowest BCUT2D eigenvalue weighted by molar-refractivity contribution is -0.904. The molecule has 1 aliphatic rings. The van der Waals surface area contributed by atoms with E-state index in [9.17, 15) is 4.79 Å². The molecule has 1 N–H and O–H groups in total. The predicted octanol–water partition coefficient (Wildman–Crippen LogP) is 2.39. The lowest BCUT2D eigenvalue weighted by Gasteiger charge is -2.23. The molecule has 0 amide bonds. The van der Waals surface area contributed by atoms with Gasteiger partial charge in [-0.1, -0.05) is 0 Å². The summed E-state index contributed by atoms with van der Waals surface area (Å²) >= 11 is 0. The van der Waals surface area contributed by atoms with Crippen LogP contribution in [0.15, 0.2) is 22.6 Å². The highest BCUT2D eigenvalue weighted by molar-refractivity contribution is 6.07. The van der Waals surface area contributed by atoms with Crippen LogP contribution in [0.5, 0.6) is 5.75 Å². The minimum absolute atomic E-state index is 0.0335. The van der Waals surface area contributed by atoms with Gasteiger partial charge in [0.1, 0.15) is 30.2 Å². The molecule has 1 aliphatic heterocycles. The normalized spacial score (nSPS) is 16.1. The summed E-state index contributed by atoms with van der Waals surface area (Å²) in [6.07, 6.45) is 4.03. The van der Waals surface area contributed by atoms with E-state index in [-0.39, 0.29) is 5.78 Å². The number of piperidine rings is 1. The van der Waals surface area contributed by atoms with Crippen LogP contribution in [0, 0.1) is 6.92 Å². The first kappa shape index (κ1) is 15.1. The highest BCUT2D eigenvalue weighted by Crippen LogP contribution is 2.29. The molecule has 0 spiro atoms. The zero-order chi connectivity index (χ0) is 15.5. The number of nitrogens with one attached hydrogen (secondary N) is 1. The Bertz CT molecular complexity index is 668. The van der Waals surface area contributed by atoms with Crippen molar-refractivity contribution in [2.24, 2.45) is 0 Å². The highest BCUT2D eigenvalue weighted by Gasteiger charge is 2.16. The smallest absolute Gasteiger partial charge is 0.163 e. The number of carbonyl (C=O) groups excluding carboxylic acids is 1. The molecule has 4 heteroatoms. The topological polar surface area (TPSA) is 43.9 Å². The minimum atomic E-state index is 0.0335. The Hall–Kier alpha value is -1.81. The van der Waals surface area contributed by atoms with Crippen LogP contribution in [0.25, 0.3) is 11.0 Å². The van der Waals surface area contributed by atoms with E-state index in [0.717, 1.165) is 23.3 Å². The fourth-order valence-electron chi connectivity index (χ4n) is 3.34. The van der Waals surface area contributed by atoms with Crippen molar-refractivity contribution in [1.29, 1.82) is 0 Å². The summed E-state index contributed by atoms with van der Waals surface area (Å²) in [5.41, 5.74) is 1.42. The number of furan rings is 1. The van der Waals surface area contributed by atoms with Gasteiger partial charge in [-0.3, -0.25) is 4.79 Å². The van der Waals surface area contributed by atoms with Crippen LogP contribution in [0.3, 0.4) is 0 Å². The second kappa shape index (κ2) is 6.53. The van der Waals surface area contributed by atoms with Crippen molar-refractivity contribution < 1.29 is 18.8 Å². The largest absolute Gasteiger partial charge is 0.488 e. The molecule has 0 aliphatic carbocycles. The van der Waals surface area contributed by atoms with E-state index in [2.05, 4.69) is 0 Å². The van der Waals surface area contributed by atoms with Crippen molar-refractivity contribution in [2.75, 3.05) is 26.2 Å². The van der Waals surface area contributed by atoms with Gasteiger partial charge < -0.3 is 14.1 Å². The van der Waals surface area contributed by atoms with Crippen LogP contribution >= 0.6 is 0 Å². The quantitative estimate of drug-likeness (QED) is 0.863. The number of carbonyl (C=O) groups is 1. The molecule has 4 nitrogen and oxygen atoms in total. The molecule has 1 fully saturated rings. The van der Waals surface area contributed by atoms with E-state index in [1.54, 1.807) is 11.8 Å². The Morgan fingerprint density at radius 3 is 2.77 bits per heavy atom. The van der Waals surface area contributed by atoms with Gasteiger partial charge in [0.05, 0.1) is 18.7 Å². The van der Waals surface area contributed by atoms with E-state index in [1.165, 1.54) is 32.4 Å². The van der Waals surface area contributed by atoms with Crippen molar-refractivity contribution in [3.63, 3.8) is 0 Å². The molecule has 1 saturated heterocycles. The molecule has 22 heavy (non-hydrogen) atoms. The molecular formula is C18H24NO3+. The second-order valence-corrected chi connectivity index (χ2v) is 6.16. The third-order valence-electron chi connectivity index (χ3n) is 4.47. The molecule has 0 bridgehead atoms. The lowest BCUT2D eigenvalue weighted by Crippen LogP contribution is -3.13. The fraction of sp³-hybridized carbons (Fsp3) is 0.500. The van der Waals surface area contributed by atoms with Gasteiger partial charge in [0.25, 0.3) is 0 Å². The van der Waals surface area contributed by atoms with Gasteiger partial charge in [-0.2, -0.15) is 0 Å². The Morgan fingerprint density at radius 2 is 2.05 bits per heavy atom. The van der Waals surface area contributed by atoms with Gasteiger partial charge in [0.15, 0.2) is 5.78 Å². The lowest BCUT2D eigenvalue weighted by atomic mass is 10.1. The van der Waals surface area contributed by atoms with Crippen LogP contribution in [0.4, 0.5) is 0 Å².